The predicted molar refractivity (Wildman–Crippen MR) is 75.6 cm³/mol. The number of anilines is 1. The van der Waals surface area contributed by atoms with Gasteiger partial charge in [0.2, 0.25) is 15.9 Å². The third-order valence-corrected chi connectivity index (χ3v) is 4.29. The molecule has 1 aromatic carbocycles. The second kappa shape index (κ2) is 5.68. The van der Waals surface area contributed by atoms with Gasteiger partial charge in [-0.05, 0) is 26.0 Å². The summed E-state index contributed by atoms with van der Waals surface area (Å²) in [6.45, 7) is 2.99. The molecule has 7 nitrogen and oxygen atoms in total. The van der Waals surface area contributed by atoms with E-state index < -0.39 is 21.3 Å². The van der Waals surface area contributed by atoms with Crippen LogP contribution in [0.2, 0.25) is 0 Å². The van der Waals surface area contributed by atoms with Crippen molar-refractivity contribution in [2.24, 2.45) is 11.1 Å². The van der Waals surface area contributed by atoms with Crippen LogP contribution in [0.25, 0.3) is 0 Å². The molecule has 1 amide bonds. The van der Waals surface area contributed by atoms with Gasteiger partial charge in [-0.3, -0.25) is 4.79 Å². The zero-order valence-corrected chi connectivity index (χ0v) is 12.5. The molecule has 5 N–H and O–H groups in total. The Bertz CT molecular complexity index is 611. The molecule has 0 aliphatic carbocycles. The summed E-state index contributed by atoms with van der Waals surface area (Å²) in [7, 11) is -2.48. The van der Waals surface area contributed by atoms with Gasteiger partial charge >= 0.3 is 0 Å². The highest BCUT2D eigenvalue weighted by Gasteiger charge is 2.28. The first-order valence-corrected chi connectivity index (χ1v) is 7.31. The van der Waals surface area contributed by atoms with Crippen LogP contribution in [0.3, 0.4) is 0 Å². The molecule has 0 atom stereocenters. The van der Waals surface area contributed by atoms with Crippen LogP contribution in [0, 0.1) is 5.41 Å². The fourth-order valence-corrected chi connectivity index (χ4v) is 2.71. The number of nitrogens with one attached hydrogen (secondary N) is 1. The summed E-state index contributed by atoms with van der Waals surface area (Å²) in [5.41, 5.74) is 10.2. The van der Waals surface area contributed by atoms with Gasteiger partial charge in [0.15, 0.2) is 0 Å². The molecule has 0 saturated heterocycles. The van der Waals surface area contributed by atoms with Gasteiger partial charge < -0.3 is 16.2 Å². The van der Waals surface area contributed by atoms with E-state index in [1.165, 1.54) is 25.3 Å². The third-order valence-electron chi connectivity index (χ3n) is 2.85. The lowest BCUT2D eigenvalue weighted by Crippen LogP contribution is -2.42. The summed E-state index contributed by atoms with van der Waals surface area (Å²) in [4.78, 5) is 11.1. The van der Waals surface area contributed by atoms with Crippen LogP contribution >= 0.6 is 0 Å². The van der Waals surface area contributed by atoms with E-state index >= 15 is 0 Å². The van der Waals surface area contributed by atoms with Gasteiger partial charge in [-0.25, -0.2) is 13.1 Å². The zero-order chi connectivity index (χ0) is 15.6. The Kier molecular flexibility index (Phi) is 4.61. The van der Waals surface area contributed by atoms with E-state index in [0.717, 1.165) is 0 Å². The van der Waals surface area contributed by atoms with Crippen LogP contribution in [0.1, 0.15) is 13.8 Å². The number of ether oxygens (including phenoxy) is 1. The Hall–Kier alpha value is -1.80. The molecular formula is C12H19N3O4S. The maximum absolute atomic E-state index is 12.2. The lowest BCUT2D eigenvalue weighted by Gasteiger charge is -2.21. The molecule has 0 aromatic heterocycles. The van der Waals surface area contributed by atoms with Crippen molar-refractivity contribution in [2.75, 3.05) is 19.4 Å². The maximum Gasteiger partial charge on any atom is 0.244 e. The summed E-state index contributed by atoms with van der Waals surface area (Å²) < 4.78 is 31.8. The quantitative estimate of drug-likeness (QED) is 0.641. The van der Waals surface area contributed by atoms with Crippen LogP contribution in [0.15, 0.2) is 23.1 Å². The number of sulfonamides is 1. The third kappa shape index (κ3) is 3.61. The number of methoxy groups -OCH3 is 1. The van der Waals surface area contributed by atoms with E-state index in [4.69, 9.17) is 16.2 Å². The van der Waals surface area contributed by atoms with E-state index in [1.807, 2.05) is 0 Å². The SMILES string of the molecule is COc1cc(N)ccc1S(=O)(=O)NCC(C)(C)C(N)=O. The van der Waals surface area contributed by atoms with Gasteiger partial charge in [0.05, 0.1) is 12.5 Å². The molecule has 0 saturated carbocycles. The van der Waals surface area contributed by atoms with Crippen molar-refractivity contribution in [1.29, 1.82) is 0 Å². The number of benzene rings is 1. The van der Waals surface area contributed by atoms with E-state index in [0.29, 0.717) is 5.69 Å². The number of primary amides is 1. The molecule has 20 heavy (non-hydrogen) atoms. The molecule has 0 fully saturated rings. The molecule has 0 radical (unpaired) electrons. The highest BCUT2D eigenvalue weighted by Crippen LogP contribution is 2.26. The lowest BCUT2D eigenvalue weighted by atomic mass is 9.93. The van der Waals surface area contributed by atoms with Crippen molar-refractivity contribution in [2.45, 2.75) is 18.7 Å². The second-order valence-electron chi connectivity index (χ2n) is 4.98. The van der Waals surface area contributed by atoms with Crippen molar-refractivity contribution in [3.8, 4) is 5.75 Å². The van der Waals surface area contributed by atoms with Crippen LogP contribution in [-0.2, 0) is 14.8 Å². The molecule has 0 spiro atoms. The molecule has 1 rings (SSSR count). The first-order chi connectivity index (χ1) is 9.10. The van der Waals surface area contributed by atoms with Gasteiger partial charge in [0, 0.05) is 18.3 Å². The summed E-state index contributed by atoms with van der Waals surface area (Å²) in [6, 6.07) is 4.21. The van der Waals surface area contributed by atoms with Gasteiger partial charge in [0.1, 0.15) is 10.6 Å². The fraction of sp³-hybridized carbons (Fsp3) is 0.417. The van der Waals surface area contributed by atoms with Crippen molar-refractivity contribution < 1.29 is 17.9 Å². The molecule has 1 aromatic rings. The van der Waals surface area contributed by atoms with Crippen LogP contribution < -0.4 is 20.9 Å². The predicted octanol–water partition coefficient (Wildman–Crippen LogP) is 0.0672. The molecular weight excluding hydrogens is 282 g/mol. The smallest absolute Gasteiger partial charge is 0.244 e. The average molecular weight is 301 g/mol. The Labute approximate surface area is 118 Å². The standard InChI is InChI=1S/C12H19N3O4S/c1-12(2,11(14)16)7-15-20(17,18)10-5-4-8(13)6-9(10)19-3/h4-6,15H,7,13H2,1-3H3,(H2,14,16). The highest BCUT2D eigenvalue weighted by atomic mass is 32.2. The highest BCUT2D eigenvalue weighted by molar-refractivity contribution is 7.89. The number of hydrogen-bond donors (Lipinski definition) is 3. The molecule has 0 aliphatic heterocycles. The minimum absolute atomic E-state index is 0.0468. The average Bonchev–Trinajstić information content (AvgIpc) is 2.36. The number of amides is 1. The maximum atomic E-state index is 12.2. The van der Waals surface area contributed by atoms with Gasteiger partial charge in [-0.15, -0.1) is 0 Å². The minimum atomic E-state index is -3.82. The number of nitrogen functional groups attached to an aromatic ring is 1. The van der Waals surface area contributed by atoms with Crippen molar-refractivity contribution >= 4 is 21.6 Å². The van der Waals surface area contributed by atoms with Crippen LogP contribution in [0.5, 0.6) is 5.75 Å². The topological polar surface area (TPSA) is 125 Å². The Balaban J connectivity index is 3.04. The van der Waals surface area contributed by atoms with Crippen molar-refractivity contribution in [1.82, 2.24) is 4.72 Å². The van der Waals surface area contributed by atoms with Crippen molar-refractivity contribution in [3.05, 3.63) is 18.2 Å². The van der Waals surface area contributed by atoms with E-state index in [2.05, 4.69) is 4.72 Å². The van der Waals surface area contributed by atoms with E-state index in [1.54, 1.807) is 13.8 Å². The fourth-order valence-electron chi connectivity index (χ4n) is 1.35. The summed E-state index contributed by atoms with van der Waals surface area (Å²) in [6.07, 6.45) is 0. The normalized spacial score (nSPS) is 12.2. The number of rotatable bonds is 6. The Morgan fingerprint density at radius 2 is 2.00 bits per heavy atom. The van der Waals surface area contributed by atoms with Gasteiger partial charge in [0.25, 0.3) is 0 Å². The first-order valence-electron chi connectivity index (χ1n) is 5.83. The molecule has 8 heteroatoms. The summed E-state index contributed by atoms with van der Waals surface area (Å²) >= 11 is 0. The summed E-state index contributed by atoms with van der Waals surface area (Å²) in [5, 5.41) is 0. The van der Waals surface area contributed by atoms with Gasteiger partial charge in [-0.1, -0.05) is 0 Å². The zero-order valence-electron chi connectivity index (χ0n) is 11.6. The monoisotopic (exact) mass is 301 g/mol. The molecule has 112 valence electrons. The molecule has 0 aliphatic rings. The molecule has 0 unspecified atom stereocenters. The molecule has 0 bridgehead atoms. The summed E-state index contributed by atoms with van der Waals surface area (Å²) in [5.74, 6) is -0.459. The second-order valence-corrected chi connectivity index (χ2v) is 6.72. The van der Waals surface area contributed by atoms with Crippen LogP contribution in [0.4, 0.5) is 5.69 Å². The number of carbonyl (C=O) groups excluding carboxylic acids is 1. The van der Waals surface area contributed by atoms with Crippen molar-refractivity contribution in [3.63, 3.8) is 0 Å². The van der Waals surface area contributed by atoms with Crippen LogP contribution in [-0.4, -0.2) is 28.0 Å². The lowest BCUT2D eigenvalue weighted by molar-refractivity contribution is -0.125. The minimum Gasteiger partial charge on any atom is -0.495 e. The first kappa shape index (κ1) is 16.3. The van der Waals surface area contributed by atoms with E-state index in [9.17, 15) is 13.2 Å². The Morgan fingerprint density at radius 3 is 2.50 bits per heavy atom. The molecule has 0 heterocycles. The number of hydrogen-bond acceptors (Lipinski definition) is 5. The van der Waals surface area contributed by atoms with Gasteiger partial charge in [-0.2, -0.15) is 0 Å². The van der Waals surface area contributed by atoms with E-state index in [-0.39, 0.29) is 17.2 Å². The largest absolute Gasteiger partial charge is 0.495 e. The Morgan fingerprint density at radius 1 is 1.40 bits per heavy atom. The number of carbonyl (C=O) groups is 1. The number of nitrogens with two attached hydrogens (primary N) is 2.